The highest BCUT2D eigenvalue weighted by atomic mass is 32.2. The number of nitrogens with zero attached hydrogens (tertiary/aromatic N) is 2. The molecule has 140 valence electrons. The number of benzene rings is 1. The maximum Gasteiger partial charge on any atom is 0.243 e. The fraction of sp³-hybridized carbons (Fsp3) is 0.667. The van der Waals surface area contributed by atoms with Gasteiger partial charge in [-0.25, -0.2) is 8.42 Å². The number of sulfonamides is 1. The van der Waals surface area contributed by atoms with Crippen molar-refractivity contribution in [1.82, 2.24) is 9.21 Å². The smallest absolute Gasteiger partial charge is 0.243 e. The van der Waals surface area contributed by atoms with Crippen molar-refractivity contribution in [2.75, 3.05) is 44.8 Å². The van der Waals surface area contributed by atoms with Crippen molar-refractivity contribution < 1.29 is 13.2 Å². The quantitative estimate of drug-likeness (QED) is 0.781. The molecule has 2 aliphatic rings. The molecule has 3 rings (SSSR count). The number of hydrogen-bond donors (Lipinski definition) is 0. The minimum atomic E-state index is -3.50. The Bertz CT molecular complexity index is 660. The molecule has 1 atom stereocenters. The van der Waals surface area contributed by atoms with Crippen molar-refractivity contribution in [1.29, 1.82) is 0 Å². The highest BCUT2D eigenvalue weighted by Crippen LogP contribution is 2.27. The maximum absolute atomic E-state index is 13.3. The second-order valence-corrected chi connectivity index (χ2v) is 9.78. The molecule has 0 N–H and O–H groups in total. The summed E-state index contributed by atoms with van der Waals surface area (Å²) in [4.78, 5) is 2.77. The van der Waals surface area contributed by atoms with Crippen LogP contribution >= 0.6 is 11.8 Å². The lowest BCUT2D eigenvalue weighted by molar-refractivity contribution is 0.183. The molecule has 5 nitrogen and oxygen atoms in total. The molecule has 1 aromatic carbocycles. The lowest BCUT2D eigenvalue weighted by Crippen LogP contribution is -2.49. The van der Waals surface area contributed by atoms with E-state index in [2.05, 4.69) is 4.90 Å². The van der Waals surface area contributed by atoms with Crippen LogP contribution in [0.3, 0.4) is 0 Å². The predicted octanol–water partition coefficient (Wildman–Crippen LogP) is 2.68. The van der Waals surface area contributed by atoms with Gasteiger partial charge in [0.15, 0.2) is 0 Å². The molecule has 2 heterocycles. The van der Waals surface area contributed by atoms with E-state index in [1.165, 1.54) is 19.3 Å². The Morgan fingerprint density at radius 2 is 1.96 bits per heavy atom. The summed E-state index contributed by atoms with van der Waals surface area (Å²) in [5.41, 5.74) is 0. The summed E-state index contributed by atoms with van der Waals surface area (Å²) >= 11 is 1.88. The van der Waals surface area contributed by atoms with Crippen molar-refractivity contribution in [3.8, 4) is 5.75 Å². The Kier molecular flexibility index (Phi) is 6.66. The van der Waals surface area contributed by atoms with Gasteiger partial charge in [-0.2, -0.15) is 16.1 Å². The predicted molar refractivity (Wildman–Crippen MR) is 103 cm³/mol. The van der Waals surface area contributed by atoms with Crippen LogP contribution in [0.4, 0.5) is 0 Å². The molecular weight excluding hydrogens is 356 g/mol. The van der Waals surface area contributed by atoms with Crippen molar-refractivity contribution >= 4 is 21.8 Å². The fourth-order valence-electron chi connectivity index (χ4n) is 3.60. The first-order valence-electron chi connectivity index (χ1n) is 9.07. The van der Waals surface area contributed by atoms with Gasteiger partial charge in [0, 0.05) is 31.0 Å². The van der Waals surface area contributed by atoms with Gasteiger partial charge in [-0.05, 0) is 50.2 Å². The van der Waals surface area contributed by atoms with E-state index in [4.69, 9.17) is 4.74 Å². The summed E-state index contributed by atoms with van der Waals surface area (Å²) < 4.78 is 33.6. The molecule has 0 radical (unpaired) electrons. The number of likely N-dealkylation sites (tertiary alicyclic amines) is 1. The van der Waals surface area contributed by atoms with Crippen LogP contribution in [0.1, 0.15) is 25.7 Å². The highest BCUT2D eigenvalue weighted by Gasteiger charge is 2.34. The van der Waals surface area contributed by atoms with Gasteiger partial charge in [0.2, 0.25) is 10.0 Å². The average molecular weight is 385 g/mol. The third-order valence-electron chi connectivity index (χ3n) is 4.95. The SMILES string of the molecule is COc1cccc(S(=O)(=O)N2CCCSC[C@@H]2CN2CCCCC2)c1. The van der Waals surface area contributed by atoms with Gasteiger partial charge in [-0.3, -0.25) is 0 Å². The number of piperidine rings is 1. The molecule has 1 aromatic rings. The highest BCUT2D eigenvalue weighted by molar-refractivity contribution is 7.99. The van der Waals surface area contributed by atoms with E-state index >= 15 is 0 Å². The van der Waals surface area contributed by atoms with E-state index in [0.29, 0.717) is 17.2 Å². The fourth-order valence-corrected chi connectivity index (χ4v) is 6.45. The third-order valence-corrected chi connectivity index (χ3v) is 8.10. The molecule has 0 spiro atoms. The number of ether oxygens (including phenoxy) is 1. The molecule has 0 unspecified atom stereocenters. The van der Waals surface area contributed by atoms with Crippen molar-refractivity contribution in [3.63, 3.8) is 0 Å². The largest absolute Gasteiger partial charge is 0.497 e. The second-order valence-electron chi connectivity index (χ2n) is 6.74. The summed E-state index contributed by atoms with van der Waals surface area (Å²) in [6.45, 7) is 3.63. The average Bonchev–Trinajstić information content (AvgIpc) is 2.88. The Morgan fingerprint density at radius 3 is 2.72 bits per heavy atom. The molecule has 7 heteroatoms. The first-order chi connectivity index (χ1) is 12.1. The van der Waals surface area contributed by atoms with Crippen molar-refractivity contribution in [2.24, 2.45) is 0 Å². The van der Waals surface area contributed by atoms with E-state index < -0.39 is 10.0 Å². The molecular formula is C18H28N2O3S2. The molecule has 25 heavy (non-hydrogen) atoms. The minimum absolute atomic E-state index is 0.0433. The summed E-state index contributed by atoms with van der Waals surface area (Å²) in [7, 11) is -1.94. The van der Waals surface area contributed by atoms with Crippen LogP contribution in [0.5, 0.6) is 5.75 Å². The van der Waals surface area contributed by atoms with E-state index in [-0.39, 0.29) is 6.04 Å². The Morgan fingerprint density at radius 1 is 1.16 bits per heavy atom. The van der Waals surface area contributed by atoms with Gasteiger partial charge < -0.3 is 9.64 Å². The van der Waals surface area contributed by atoms with Gasteiger partial charge in [0.05, 0.1) is 12.0 Å². The number of rotatable bonds is 5. The van der Waals surface area contributed by atoms with Crippen LogP contribution in [0, 0.1) is 0 Å². The van der Waals surface area contributed by atoms with Gasteiger partial charge in [-0.15, -0.1) is 0 Å². The van der Waals surface area contributed by atoms with Crippen molar-refractivity contribution in [3.05, 3.63) is 24.3 Å². The zero-order chi connectivity index (χ0) is 17.7. The molecule has 2 aliphatic heterocycles. The molecule has 0 amide bonds. The monoisotopic (exact) mass is 384 g/mol. The topological polar surface area (TPSA) is 49.9 Å². The normalized spacial score (nSPS) is 24.0. The van der Waals surface area contributed by atoms with E-state index in [1.807, 2.05) is 11.8 Å². The van der Waals surface area contributed by atoms with Gasteiger partial charge in [0.1, 0.15) is 5.75 Å². The summed E-state index contributed by atoms with van der Waals surface area (Å²) in [6, 6.07) is 6.88. The Labute approximate surface area is 155 Å². The number of hydrogen-bond acceptors (Lipinski definition) is 5. The Hall–Kier alpha value is -0.760. The second kappa shape index (κ2) is 8.75. The van der Waals surface area contributed by atoms with Gasteiger partial charge >= 0.3 is 0 Å². The summed E-state index contributed by atoms with van der Waals surface area (Å²) in [5.74, 6) is 2.48. The van der Waals surface area contributed by atoms with Crippen LogP contribution in [-0.2, 0) is 10.0 Å². The maximum atomic E-state index is 13.3. The minimum Gasteiger partial charge on any atom is -0.497 e. The standard InChI is InChI=1S/C18H28N2O3S2/c1-23-17-7-5-8-18(13-17)25(21,22)20-11-6-12-24-15-16(20)14-19-9-3-2-4-10-19/h5,7-8,13,16H,2-4,6,9-12,14-15H2,1H3/t16-/m0/s1. The van der Waals surface area contributed by atoms with Crippen LogP contribution < -0.4 is 4.74 Å². The molecule has 0 aliphatic carbocycles. The van der Waals surface area contributed by atoms with Crippen LogP contribution in [0.15, 0.2) is 29.2 Å². The van der Waals surface area contributed by atoms with Crippen molar-refractivity contribution in [2.45, 2.75) is 36.6 Å². The summed E-state index contributed by atoms with van der Waals surface area (Å²) in [5, 5.41) is 0. The van der Waals surface area contributed by atoms with Gasteiger partial charge in [-0.1, -0.05) is 12.5 Å². The first kappa shape index (κ1) is 19.0. The lowest BCUT2D eigenvalue weighted by Gasteiger charge is -2.35. The Balaban J connectivity index is 1.83. The van der Waals surface area contributed by atoms with Crippen LogP contribution in [0.2, 0.25) is 0 Å². The molecule has 0 saturated carbocycles. The zero-order valence-electron chi connectivity index (χ0n) is 14.9. The first-order valence-corrected chi connectivity index (χ1v) is 11.7. The number of methoxy groups -OCH3 is 1. The lowest BCUT2D eigenvalue weighted by atomic mass is 10.1. The number of thioether (sulfide) groups is 1. The van der Waals surface area contributed by atoms with E-state index in [1.54, 1.807) is 35.7 Å². The molecule has 0 aromatic heterocycles. The molecule has 2 fully saturated rings. The molecule has 2 saturated heterocycles. The zero-order valence-corrected chi connectivity index (χ0v) is 16.5. The van der Waals surface area contributed by atoms with E-state index in [0.717, 1.165) is 37.6 Å². The van der Waals surface area contributed by atoms with Crippen LogP contribution in [0.25, 0.3) is 0 Å². The van der Waals surface area contributed by atoms with Crippen LogP contribution in [-0.4, -0.2) is 68.5 Å². The van der Waals surface area contributed by atoms with E-state index in [9.17, 15) is 8.42 Å². The molecule has 0 bridgehead atoms. The third kappa shape index (κ3) is 4.70. The summed E-state index contributed by atoms with van der Waals surface area (Å²) in [6.07, 6.45) is 4.65. The van der Waals surface area contributed by atoms with Gasteiger partial charge in [0.25, 0.3) is 0 Å².